The maximum absolute atomic E-state index is 13.9. The number of benzene rings is 3. The Morgan fingerprint density at radius 1 is 1.07 bits per heavy atom. The van der Waals surface area contributed by atoms with Gasteiger partial charge in [0, 0.05) is 41.9 Å². The van der Waals surface area contributed by atoms with Gasteiger partial charge in [0.2, 0.25) is 5.82 Å². The molecule has 3 aromatic carbocycles. The third-order valence-corrected chi connectivity index (χ3v) is 9.19. The fourth-order valence-electron chi connectivity index (χ4n) is 4.57. The second-order valence-electron chi connectivity index (χ2n) is 10.6. The monoisotopic (exact) mass is 679 g/mol. The van der Waals surface area contributed by atoms with Crippen molar-refractivity contribution in [2.45, 2.75) is 48.2 Å². The minimum absolute atomic E-state index is 0.131. The molecule has 1 atom stereocenters. The molecule has 0 radical (unpaired) electrons. The van der Waals surface area contributed by atoms with Crippen LogP contribution in [0.3, 0.4) is 0 Å². The number of thioether (sulfide) groups is 1. The minimum atomic E-state index is -4.89. The Hall–Kier alpha value is -4.05. The van der Waals surface area contributed by atoms with E-state index < -0.39 is 44.3 Å². The Bertz CT molecular complexity index is 1730. The number of carbonyl (C=O) groups is 1. The summed E-state index contributed by atoms with van der Waals surface area (Å²) >= 11 is 1.61. The van der Waals surface area contributed by atoms with Gasteiger partial charge in [-0.25, -0.2) is 13.1 Å². The minimum Gasteiger partial charge on any atom is -0.294 e. The highest BCUT2D eigenvalue weighted by Crippen LogP contribution is 2.32. The number of hydrogen-bond acceptors (Lipinski definition) is 8. The lowest BCUT2D eigenvalue weighted by molar-refractivity contribution is -0.387. The predicted molar refractivity (Wildman–Crippen MR) is 163 cm³/mol. The van der Waals surface area contributed by atoms with Crippen LogP contribution in [0.5, 0.6) is 0 Å². The number of nitro groups is 1. The average molecular weight is 680 g/mol. The van der Waals surface area contributed by atoms with E-state index in [2.05, 4.69) is 4.74 Å². The Balaban J connectivity index is 1.43. The molecule has 1 amide bonds. The second kappa shape index (κ2) is 14.6. The molecule has 0 aromatic heterocycles. The van der Waals surface area contributed by atoms with Crippen molar-refractivity contribution in [3.63, 3.8) is 0 Å². The number of nitrogens with zero attached hydrogens (tertiary/aromatic N) is 2. The quantitative estimate of drug-likeness (QED) is 0.0940. The average Bonchev–Trinajstić information content (AvgIpc) is 2.97. The summed E-state index contributed by atoms with van der Waals surface area (Å²) in [5, 5.41) is 11.2. The van der Waals surface area contributed by atoms with Crippen molar-refractivity contribution in [1.29, 1.82) is 0 Å². The van der Waals surface area contributed by atoms with Crippen molar-refractivity contribution >= 4 is 33.4 Å². The first-order valence-corrected chi connectivity index (χ1v) is 16.2. The number of carbonyl (C=O) groups excluding carboxylic acids is 1. The van der Waals surface area contributed by atoms with E-state index in [9.17, 15) is 40.9 Å². The van der Waals surface area contributed by atoms with Crippen LogP contribution in [0.1, 0.15) is 24.5 Å². The first-order valence-electron chi connectivity index (χ1n) is 13.8. The lowest BCUT2D eigenvalue weighted by Crippen LogP contribution is -2.36. The first kappa shape index (κ1) is 34.8. The second-order valence-corrected chi connectivity index (χ2v) is 13.4. The van der Waals surface area contributed by atoms with Crippen LogP contribution in [0.15, 0.2) is 106 Å². The van der Waals surface area contributed by atoms with Crippen molar-refractivity contribution < 1.29 is 40.4 Å². The Labute approximate surface area is 267 Å². The van der Waals surface area contributed by atoms with E-state index in [1.54, 1.807) is 23.9 Å². The van der Waals surface area contributed by atoms with Gasteiger partial charge in [-0.05, 0) is 54.8 Å². The molecule has 0 heterocycles. The van der Waals surface area contributed by atoms with E-state index in [1.165, 1.54) is 37.3 Å². The molecular formula is C31H29F4N3O6S2. The summed E-state index contributed by atoms with van der Waals surface area (Å²) < 4.78 is 83.7. The Kier molecular flexibility index (Phi) is 11.0. The number of alkyl halides is 3. The van der Waals surface area contributed by atoms with Gasteiger partial charge in [0.1, 0.15) is 0 Å². The summed E-state index contributed by atoms with van der Waals surface area (Å²) in [7, 11) is -4.32. The third-order valence-electron chi connectivity index (χ3n) is 6.85. The third kappa shape index (κ3) is 9.97. The Morgan fingerprint density at radius 2 is 1.72 bits per heavy atom. The van der Waals surface area contributed by atoms with Crippen LogP contribution in [-0.2, 0) is 32.6 Å². The van der Waals surface area contributed by atoms with Crippen LogP contribution in [-0.4, -0.2) is 48.4 Å². The number of ether oxygens (including phenoxy) is 1. The summed E-state index contributed by atoms with van der Waals surface area (Å²) in [4.78, 5) is 25.9. The normalized spacial score (nSPS) is 16.7. The van der Waals surface area contributed by atoms with Crippen LogP contribution in [0.4, 0.5) is 23.2 Å². The molecule has 0 bridgehead atoms. The van der Waals surface area contributed by atoms with E-state index >= 15 is 0 Å². The smallest absolute Gasteiger partial charge is 0.294 e. The highest BCUT2D eigenvalue weighted by molar-refractivity contribution is 7.99. The number of rotatable bonds is 13. The Morgan fingerprint density at radius 3 is 2.33 bits per heavy atom. The zero-order valence-corrected chi connectivity index (χ0v) is 26.0. The molecule has 46 heavy (non-hydrogen) atoms. The molecule has 4 rings (SSSR count). The molecule has 244 valence electrons. The van der Waals surface area contributed by atoms with Crippen LogP contribution >= 0.6 is 11.8 Å². The van der Waals surface area contributed by atoms with Gasteiger partial charge >= 0.3 is 12.0 Å². The highest BCUT2D eigenvalue weighted by Gasteiger charge is 2.40. The van der Waals surface area contributed by atoms with E-state index in [0.29, 0.717) is 30.0 Å². The van der Waals surface area contributed by atoms with Crippen molar-refractivity contribution in [3.05, 3.63) is 124 Å². The zero-order valence-electron chi connectivity index (χ0n) is 24.4. The van der Waals surface area contributed by atoms with Gasteiger partial charge in [-0.2, -0.15) is 4.39 Å². The summed E-state index contributed by atoms with van der Waals surface area (Å²) in [6.07, 6.45) is -1.90. The number of halogens is 4. The maximum atomic E-state index is 13.9. The van der Waals surface area contributed by atoms with Crippen LogP contribution in [0.25, 0.3) is 0 Å². The molecule has 0 aliphatic heterocycles. The van der Waals surface area contributed by atoms with E-state index in [-0.39, 0.29) is 23.4 Å². The number of amides is 1. The molecule has 1 unspecified atom stereocenters. The predicted octanol–water partition coefficient (Wildman–Crippen LogP) is 6.51. The SMILES string of the molecule is CC1(OC(F)(F)F)C=CC(C(=O)NS(=O)(=O)c2ccc(CN(CCSc3ccccc3)Cc3ccc(F)c([N+](=O)[O-])c3)cc2)=CC1. The molecule has 0 saturated heterocycles. The van der Waals surface area contributed by atoms with Crippen LogP contribution in [0, 0.1) is 15.9 Å². The molecule has 1 aliphatic carbocycles. The van der Waals surface area contributed by atoms with Crippen LogP contribution < -0.4 is 4.72 Å². The number of nitro benzene ring substituents is 1. The van der Waals surface area contributed by atoms with Crippen LogP contribution in [0.2, 0.25) is 0 Å². The molecule has 15 heteroatoms. The van der Waals surface area contributed by atoms with Crippen molar-refractivity contribution in [3.8, 4) is 0 Å². The molecule has 1 N–H and O–H groups in total. The fraction of sp³-hybridized carbons (Fsp3) is 0.258. The molecule has 0 saturated carbocycles. The van der Waals surface area contributed by atoms with E-state index in [4.69, 9.17) is 0 Å². The fourth-order valence-corrected chi connectivity index (χ4v) is 6.48. The number of sulfonamides is 1. The van der Waals surface area contributed by atoms with Gasteiger partial charge in [-0.1, -0.05) is 54.6 Å². The lowest BCUT2D eigenvalue weighted by Gasteiger charge is -2.28. The van der Waals surface area contributed by atoms with Gasteiger partial charge in [0.15, 0.2) is 0 Å². The van der Waals surface area contributed by atoms with E-state index in [1.807, 2.05) is 40.0 Å². The van der Waals surface area contributed by atoms with Gasteiger partial charge in [-0.15, -0.1) is 24.9 Å². The van der Waals surface area contributed by atoms with Crippen molar-refractivity contribution in [1.82, 2.24) is 9.62 Å². The molecule has 0 fully saturated rings. The highest BCUT2D eigenvalue weighted by atomic mass is 32.2. The number of hydrogen-bond donors (Lipinski definition) is 1. The topological polar surface area (TPSA) is 119 Å². The van der Waals surface area contributed by atoms with Gasteiger partial charge in [0.05, 0.1) is 15.4 Å². The lowest BCUT2D eigenvalue weighted by atomic mass is 9.93. The summed E-state index contributed by atoms with van der Waals surface area (Å²) in [6.45, 7) is 2.30. The molecule has 3 aromatic rings. The largest absolute Gasteiger partial charge is 0.523 e. The first-order chi connectivity index (χ1) is 21.6. The van der Waals surface area contributed by atoms with Crippen molar-refractivity contribution in [2.75, 3.05) is 12.3 Å². The molecule has 1 aliphatic rings. The summed E-state index contributed by atoms with van der Waals surface area (Å²) in [5.74, 6) is -1.28. The molecule has 0 spiro atoms. The molecule has 9 nitrogen and oxygen atoms in total. The number of nitrogens with one attached hydrogen (secondary N) is 1. The summed E-state index contributed by atoms with van der Waals surface area (Å²) in [5.41, 5.74) is -1.26. The van der Waals surface area contributed by atoms with Crippen molar-refractivity contribution in [2.24, 2.45) is 0 Å². The van der Waals surface area contributed by atoms with E-state index in [0.717, 1.165) is 23.1 Å². The standard InChI is InChI=1S/C31H29F4N3O6S2/c1-30(44-31(33,34)35)15-13-24(14-16-30)29(39)36-46(42,43)26-10-7-22(8-11-26)20-37(17-18-45-25-5-3-2-4-6-25)21-23-9-12-27(32)28(19-23)38(40)41/h2-15,19H,16-18,20-21H2,1H3,(H,36,39). The van der Waals surface area contributed by atoms with Gasteiger partial charge < -0.3 is 0 Å². The summed E-state index contributed by atoms with van der Waals surface area (Å²) in [6, 6.07) is 19.1. The van der Waals surface area contributed by atoms with Gasteiger partial charge in [0.25, 0.3) is 15.9 Å². The molecular weight excluding hydrogens is 650 g/mol. The zero-order chi connectivity index (χ0) is 33.5. The van der Waals surface area contributed by atoms with Gasteiger partial charge in [-0.3, -0.25) is 24.5 Å². The maximum Gasteiger partial charge on any atom is 0.523 e.